The maximum atomic E-state index is 13.0. The van der Waals surface area contributed by atoms with E-state index in [0.29, 0.717) is 27.9 Å². The maximum absolute atomic E-state index is 13.0. The molecular formula is C28H28N4O2S. The summed E-state index contributed by atoms with van der Waals surface area (Å²) in [7, 11) is 3.44. The zero-order valence-corrected chi connectivity index (χ0v) is 21.3. The average molecular weight is 485 g/mol. The molecule has 1 heterocycles. The Morgan fingerprint density at radius 2 is 1.71 bits per heavy atom. The number of aryl methyl sites for hydroxylation is 3. The molecule has 7 heteroatoms. The van der Waals surface area contributed by atoms with Gasteiger partial charge in [-0.1, -0.05) is 42.5 Å². The highest BCUT2D eigenvalue weighted by Gasteiger charge is 2.18. The second kappa shape index (κ2) is 10.1. The fraction of sp³-hybridized carbons (Fsp3) is 0.179. The molecular weight excluding hydrogens is 456 g/mol. The molecule has 0 aliphatic heterocycles. The molecule has 3 N–H and O–H groups in total. The lowest BCUT2D eigenvalue weighted by Crippen LogP contribution is -2.17. The minimum atomic E-state index is -0.291. The van der Waals surface area contributed by atoms with Gasteiger partial charge in [-0.25, -0.2) is 4.98 Å². The van der Waals surface area contributed by atoms with Gasteiger partial charge in [-0.3, -0.25) is 4.79 Å². The summed E-state index contributed by atoms with van der Waals surface area (Å²) >= 11 is 5.30. The van der Waals surface area contributed by atoms with E-state index in [1.165, 1.54) is 0 Å². The number of anilines is 1. The van der Waals surface area contributed by atoms with Crippen LogP contribution in [0.15, 0.2) is 60.7 Å². The first-order valence-electron chi connectivity index (χ1n) is 11.3. The van der Waals surface area contributed by atoms with Gasteiger partial charge in [0, 0.05) is 35.1 Å². The smallest absolute Gasteiger partial charge is 0.276 e. The number of carbonyl (C=O) groups is 1. The minimum Gasteiger partial charge on any atom is -0.496 e. The third-order valence-electron chi connectivity index (χ3n) is 5.93. The molecule has 6 nitrogen and oxygen atoms in total. The van der Waals surface area contributed by atoms with Crippen molar-refractivity contribution in [1.82, 2.24) is 15.3 Å². The van der Waals surface area contributed by atoms with Crippen LogP contribution in [0.5, 0.6) is 5.75 Å². The standard InChI is InChI=1S/C28H28N4O2S/c1-16-8-6-9-17(2)24(16)22-15-19(12-13-23(22)34-5)26-30-18(3)25(32-26)27(33)31-21-11-7-10-20(14-21)28(35)29-4/h6-15H,1-5H3,(H,29,35)(H,30,32)(H,31,33). The van der Waals surface area contributed by atoms with Crippen molar-refractivity contribution in [2.75, 3.05) is 19.5 Å². The van der Waals surface area contributed by atoms with Gasteiger partial charge in [-0.2, -0.15) is 0 Å². The van der Waals surface area contributed by atoms with Gasteiger partial charge >= 0.3 is 0 Å². The third kappa shape index (κ3) is 4.95. The van der Waals surface area contributed by atoms with Crippen LogP contribution >= 0.6 is 12.2 Å². The molecule has 0 unspecified atom stereocenters. The maximum Gasteiger partial charge on any atom is 0.276 e. The predicted molar refractivity (Wildman–Crippen MR) is 145 cm³/mol. The number of imidazole rings is 1. The van der Waals surface area contributed by atoms with E-state index in [-0.39, 0.29) is 5.91 Å². The number of H-pyrrole nitrogens is 1. The lowest BCUT2D eigenvalue weighted by molar-refractivity contribution is 0.102. The highest BCUT2D eigenvalue weighted by molar-refractivity contribution is 7.80. The Labute approximate surface area is 210 Å². The quantitative estimate of drug-likeness (QED) is 0.300. The highest BCUT2D eigenvalue weighted by atomic mass is 32.1. The number of benzene rings is 3. The van der Waals surface area contributed by atoms with Crippen LogP contribution in [-0.4, -0.2) is 35.0 Å². The molecule has 0 spiro atoms. The van der Waals surface area contributed by atoms with Gasteiger partial charge in [0.2, 0.25) is 0 Å². The molecule has 35 heavy (non-hydrogen) atoms. The van der Waals surface area contributed by atoms with E-state index in [2.05, 4.69) is 52.6 Å². The van der Waals surface area contributed by atoms with Gasteiger partial charge in [0.05, 0.1) is 7.11 Å². The first-order valence-corrected chi connectivity index (χ1v) is 11.7. The number of hydrogen-bond donors (Lipinski definition) is 3. The number of methoxy groups -OCH3 is 1. The van der Waals surface area contributed by atoms with E-state index < -0.39 is 0 Å². The van der Waals surface area contributed by atoms with Gasteiger partial charge in [0.1, 0.15) is 22.3 Å². The molecule has 0 atom stereocenters. The van der Waals surface area contributed by atoms with E-state index >= 15 is 0 Å². The van der Waals surface area contributed by atoms with E-state index in [0.717, 1.165) is 39.1 Å². The van der Waals surface area contributed by atoms with Gasteiger partial charge in [-0.05, 0) is 67.8 Å². The van der Waals surface area contributed by atoms with E-state index in [1.807, 2.05) is 49.4 Å². The number of rotatable bonds is 6. The van der Waals surface area contributed by atoms with Crippen LogP contribution in [0.1, 0.15) is 32.9 Å². The summed E-state index contributed by atoms with van der Waals surface area (Å²) in [5.41, 5.74) is 7.81. The largest absolute Gasteiger partial charge is 0.496 e. The number of nitrogens with one attached hydrogen (secondary N) is 3. The van der Waals surface area contributed by atoms with Gasteiger partial charge in [0.15, 0.2) is 0 Å². The SMILES string of the molecule is CNC(=S)c1cccc(NC(=O)c2nc(-c3ccc(OC)c(-c4c(C)cccc4C)c3)[nH]c2C)c1. The van der Waals surface area contributed by atoms with Crippen LogP contribution in [-0.2, 0) is 0 Å². The monoisotopic (exact) mass is 484 g/mol. The van der Waals surface area contributed by atoms with E-state index in [1.54, 1.807) is 14.2 Å². The number of nitrogens with zero attached hydrogens (tertiary/aromatic N) is 1. The third-order valence-corrected chi connectivity index (χ3v) is 6.37. The molecule has 0 bridgehead atoms. The van der Waals surface area contributed by atoms with Crippen LogP contribution in [0, 0.1) is 20.8 Å². The topological polar surface area (TPSA) is 79.0 Å². The van der Waals surface area contributed by atoms with E-state index in [4.69, 9.17) is 17.0 Å². The molecule has 4 aromatic rings. The van der Waals surface area contributed by atoms with Crippen LogP contribution in [0.4, 0.5) is 5.69 Å². The first-order chi connectivity index (χ1) is 16.8. The summed E-state index contributed by atoms with van der Waals surface area (Å²) in [4.78, 5) is 21.6. The van der Waals surface area contributed by atoms with Crippen LogP contribution < -0.4 is 15.4 Å². The highest BCUT2D eigenvalue weighted by Crippen LogP contribution is 2.37. The molecule has 1 aromatic heterocycles. The van der Waals surface area contributed by atoms with Gasteiger partial charge in [0.25, 0.3) is 5.91 Å². The first kappa shape index (κ1) is 24.2. The fourth-order valence-corrected chi connectivity index (χ4v) is 4.31. The Hall–Kier alpha value is -3.97. The number of hydrogen-bond acceptors (Lipinski definition) is 4. The van der Waals surface area contributed by atoms with Crippen LogP contribution in [0.2, 0.25) is 0 Å². The second-order valence-electron chi connectivity index (χ2n) is 8.35. The second-order valence-corrected chi connectivity index (χ2v) is 8.76. The van der Waals surface area contributed by atoms with Crippen molar-refractivity contribution >= 4 is 28.8 Å². The Balaban J connectivity index is 1.67. The van der Waals surface area contributed by atoms with Crippen molar-refractivity contribution in [2.24, 2.45) is 0 Å². The van der Waals surface area contributed by atoms with Crippen molar-refractivity contribution < 1.29 is 9.53 Å². The van der Waals surface area contributed by atoms with Crippen molar-refractivity contribution in [2.45, 2.75) is 20.8 Å². The zero-order chi connectivity index (χ0) is 25.1. The van der Waals surface area contributed by atoms with Crippen molar-refractivity contribution in [1.29, 1.82) is 0 Å². The van der Waals surface area contributed by atoms with Gasteiger partial charge in [-0.15, -0.1) is 0 Å². The molecule has 178 valence electrons. The molecule has 0 aliphatic rings. The Morgan fingerprint density at radius 1 is 1.00 bits per heavy atom. The number of ether oxygens (including phenoxy) is 1. The zero-order valence-electron chi connectivity index (χ0n) is 20.4. The van der Waals surface area contributed by atoms with Crippen LogP contribution in [0.25, 0.3) is 22.5 Å². The molecule has 0 saturated carbocycles. The minimum absolute atomic E-state index is 0.291. The molecule has 3 aromatic carbocycles. The molecule has 1 amide bonds. The Morgan fingerprint density at radius 3 is 2.40 bits per heavy atom. The van der Waals surface area contributed by atoms with Crippen LogP contribution in [0.3, 0.4) is 0 Å². The molecule has 0 fully saturated rings. The molecule has 0 saturated heterocycles. The lowest BCUT2D eigenvalue weighted by Gasteiger charge is -2.15. The Bertz CT molecular complexity index is 1400. The molecule has 0 radical (unpaired) electrons. The predicted octanol–water partition coefficient (Wildman–Crippen LogP) is 5.82. The normalized spacial score (nSPS) is 10.7. The summed E-state index contributed by atoms with van der Waals surface area (Å²) in [6.07, 6.45) is 0. The molecule has 4 rings (SSSR count). The summed E-state index contributed by atoms with van der Waals surface area (Å²) < 4.78 is 5.66. The summed E-state index contributed by atoms with van der Waals surface area (Å²) in [5, 5.41) is 5.87. The summed E-state index contributed by atoms with van der Waals surface area (Å²) in [6, 6.07) is 19.6. The number of thiocarbonyl (C=S) groups is 1. The Kier molecular flexibility index (Phi) is 6.98. The van der Waals surface area contributed by atoms with Crippen molar-refractivity contribution in [3.8, 4) is 28.3 Å². The number of amides is 1. The van der Waals surface area contributed by atoms with E-state index in [9.17, 15) is 4.79 Å². The van der Waals surface area contributed by atoms with Gasteiger partial charge < -0.3 is 20.4 Å². The van der Waals surface area contributed by atoms with Crippen molar-refractivity contribution in [3.63, 3.8) is 0 Å². The number of aromatic amines is 1. The summed E-state index contributed by atoms with van der Waals surface area (Å²) in [6.45, 7) is 6.02. The lowest BCUT2D eigenvalue weighted by atomic mass is 9.94. The number of aromatic nitrogens is 2. The average Bonchev–Trinajstić information content (AvgIpc) is 3.25. The summed E-state index contributed by atoms with van der Waals surface area (Å²) in [5.74, 6) is 1.11. The fourth-order valence-electron chi connectivity index (χ4n) is 4.18. The number of carbonyl (C=O) groups excluding carboxylic acids is 1. The molecule has 0 aliphatic carbocycles. The van der Waals surface area contributed by atoms with Crippen molar-refractivity contribution in [3.05, 3.63) is 88.7 Å².